The molecule has 1 saturated carbocycles. The number of hydrogen-bond donors (Lipinski definition) is 1. The Balaban J connectivity index is 1.39. The van der Waals surface area contributed by atoms with Crippen LogP contribution in [0, 0.1) is 11.8 Å². The molecule has 1 aliphatic carbocycles. The fraction of sp³-hybridized carbons (Fsp3) is 0.529. The molecule has 5 heteroatoms. The monoisotopic (exact) mass is 302 g/mol. The Morgan fingerprint density at radius 1 is 1.09 bits per heavy atom. The number of likely N-dealkylation sites (tertiary alicyclic amines) is 1. The van der Waals surface area contributed by atoms with Gasteiger partial charge in [0.15, 0.2) is 0 Å². The van der Waals surface area contributed by atoms with Gasteiger partial charge in [0.25, 0.3) is 0 Å². The number of rotatable bonds is 4. The molecule has 2 fully saturated rings. The smallest absolute Gasteiger partial charge is 0.410 e. The second-order valence-electron chi connectivity index (χ2n) is 6.13. The first-order chi connectivity index (χ1) is 10.7. The maximum absolute atomic E-state index is 12.1. The zero-order chi connectivity index (χ0) is 15.4. The Kier molecular flexibility index (Phi) is 4.61. The van der Waals surface area contributed by atoms with Gasteiger partial charge in [-0.15, -0.1) is 0 Å². The van der Waals surface area contributed by atoms with Gasteiger partial charge < -0.3 is 15.0 Å². The zero-order valence-corrected chi connectivity index (χ0v) is 12.7. The van der Waals surface area contributed by atoms with Gasteiger partial charge >= 0.3 is 6.09 Å². The minimum Gasteiger partial charge on any atom is -0.410 e. The van der Waals surface area contributed by atoms with E-state index in [0.29, 0.717) is 24.8 Å². The maximum atomic E-state index is 12.1. The van der Waals surface area contributed by atoms with Crippen LogP contribution in [0.1, 0.15) is 25.7 Å². The van der Waals surface area contributed by atoms with Gasteiger partial charge in [-0.25, -0.2) is 4.79 Å². The van der Waals surface area contributed by atoms with Crippen LogP contribution < -0.4 is 10.1 Å². The minimum atomic E-state index is -0.285. The van der Waals surface area contributed by atoms with Crippen LogP contribution in [-0.2, 0) is 4.79 Å². The van der Waals surface area contributed by atoms with Gasteiger partial charge in [0, 0.05) is 25.6 Å². The highest BCUT2D eigenvalue weighted by Gasteiger charge is 2.30. The third kappa shape index (κ3) is 4.00. The Morgan fingerprint density at radius 2 is 1.77 bits per heavy atom. The molecule has 0 unspecified atom stereocenters. The standard InChI is InChI=1S/C17H22N2O3/c20-16(14-6-7-14)18-12-13-8-10-19(11-9-13)17(21)22-15-4-2-1-3-5-15/h1-5,13-14H,6-12H2,(H,18,20). The van der Waals surface area contributed by atoms with Crippen molar-refractivity contribution in [1.29, 1.82) is 0 Å². The normalized spacial score (nSPS) is 18.8. The lowest BCUT2D eigenvalue weighted by Gasteiger charge is -2.31. The van der Waals surface area contributed by atoms with E-state index in [-0.39, 0.29) is 17.9 Å². The number of nitrogens with zero attached hydrogens (tertiary/aromatic N) is 1. The lowest BCUT2D eigenvalue weighted by atomic mass is 9.97. The summed E-state index contributed by atoms with van der Waals surface area (Å²) >= 11 is 0. The summed E-state index contributed by atoms with van der Waals surface area (Å²) in [7, 11) is 0. The molecule has 1 aromatic carbocycles. The third-order valence-electron chi connectivity index (χ3n) is 4.33. The first kappa shape index (κ1) is 14.9. The van der Waals surface area contributed by atoms with Crippen molar-refractivity contribution in [3.63, 3.8) is 0 Å². The Morgan fingerprint density at radius 3 is 2.41 bits per heavy atom. The van der Waals surface area contributed by atoms with Crippen LogP contribution in [0.5, 0.6) is 5.75 Å². The van der Waals surface area contributed by atoms with Gasteiger partial charge in [0.2, 0.25) is 5.91 Å². The molecule has 1 saturated heterocycles. The molecule has 118 valence electrons. The van der Waals surface area contributed by atoms with E-state index >= 15 is 0 Å². The van der Waals surface area contributed by atoms with E-state index in [1.807, 2.05) is 18.2 Å². The van der Waals surface area contributed by atoms with Crippen molar-refractivity contribution in [1.82, 2.24) is 10.2 Å². The summed E-state index contributed by atoms with van der Waals surface area (Å²) in [5.74, 6) is 1.50. The van der Waals surface area contributed by atoms with E-state index < -0.39 is 0 Å². The molecule has 0 atom stereocenters. The molecule has 22 heavy (non-hydrogen) atoms. The second kappa shape index (κ2) is 6.81. The predicted octanol–water partition coefficient (Wildman–Crippen LogP) is 2.42. The minimum absolute atomic E-state index is 0.200. The van der Waals surface area contributed by atoms with Gasteiger partial charge in [-0.05, 0) is 43.7 Å². The van der Waals surface area contributed by atoms with Crippen LogP contribution in [0.25, 0.3) is 0 Å². The first-order valence-electron chi connectivity index (χ1n) is 8.02. The average molecular weight is 302 g/mol. The van der Waals surface area contributed by atoms with Crippen molar-refractivity contribution in [2.24, 2.45) is 11.8 Å². The van der Waals surface area contributed by atoms with Crippen LogP contribution in [0.15, 0.2) is 30.3 Å². The summed E-state index contributed by atoms with van der Waals surface area (Å²) in [5.41, 5.74) is 0. The number of para-hydroxylation sites is 1. The van der Waals surface area contributed by atoms with Crippen molar-refractivity contribution in [2.75, 3.05) is 19.6 Å². The molecule has 5 nitrogen and oxygen atoms in total. The highest BCUT2D eigenvalue weighted by molar-refractivity contribution is 5.80. The maximum Gasteiger partial charge on any atom is 0.415 e. The topological polar surface area (TPSA) is 58.6 Å². The molecular weight excluding hydrogens is 280 g/mol. The molecule has 0 aromatic heterocycles. The third-order valence-corrected chi connectivity index (χ3v) is 4.33. The van der Waals surface area contributed by atoms with E-state index in [1.54, 1.807) is 17.0 Å². The number of piperidine rings is 1. The molecular formula is C17H22N2O3. The van der Waals surface area contributed by atoms with Crippen molar-refractivity contribution < 1.29 is 14.3 Å². The number of benzene rings is 1. The number of carbonyl (C=O) groups excluding carboxylic acids is 2. The second-order valence-corrected chi connectivity index (χ2v) is 6.13. The number of carbonyl (C=O) groups is 2. The Hall–Kier alpha value is -2.04. The summed E-state index contributed by atoms with van der Waals surface area (Å²) < 4.78 is 5.34. The lowest BCUT2D eigenvalue weighted by molar-refractivity contribution is -0.122. The van der Waals surface area contributed by atoms with E-state index in [0.717, 1.165) is 32.2 Å². The molecule has 2 amide bonds. The summed E-state index contributed by atoms with van der Waals surface area (Å²) in [6.45, 7) is 2.11. The van der Waals surface area contributed by atoms with E-state index in [2.05, 4.69) is 5.32 Å². The van der Waals surface area contributed by atoms with E-state index in [1.165, 1.54) is 0 Å². The highest BCUT2D eigenvalue weighted by atomic mass is 16.6. The van der Waals surface area contributed by atoms with Crippen LogP contribution in [0.4, 0.5) is 4.79 Å². The molecule has 2 aliphatic rings. The SMILES string of the molecule is O=C(NCC1CCN(C(=O)Oc2ccccc2)CC1)C1CC1. The first-order valence-corrected chi connectivity index (χ1v) is 8.02. The summed E-state index contributed by atoms with van der Waals surface area (Å²) in [6, 6.07) is 9.13. The zero-order valence-electron chi connectivity index (χ0n) is 12.7. The number of nitrogens with one attached hydrogen (secondary N) is 1. The van der Waals surface area contributed by atoms with Gasteiger partial charge in [-0.3, -0.25) is 4.79 Å². The predicted molar refractivity (Wildman–Crippen MR) is 82.5 cm³/mol. The van der Waals surface area contributed by atoms with Crippen LogP contribution in [0.3, 0.4) is 0 Å². The van der Waals surface area contributed by atoms with Crippen molar-refractivity contribution in [3.8, 4) is 5.75 Å². The quantitative estimate of drug-likeness (QED) is 0.929. The van der Waals surface area contributed by atoms with E-state index in [4.69, 9.17) is 4.74 Å². The van der Waals surface area contributed by atoms with Crippen molar-refractivity contribution in [3.05, 3.63) is 30.3 Å². The van der Waals surface area contributed by atoms with Crippen molar-refractivity contribution in [2.45, 2.75) is 25.7 Å². The van der Waals surface area contributed by atoms with Gasteiger partial charge in [-0.1, -0.05) is 18.2 Å². The fourth-order valence-electron chi connectivity index (χ4n) is 2.71. The molecule has 1 aromatic rings. The fourth-order valence-corrected chi connectivity index (χ4v) is 2.71. The van der Waals surface area contributed by atoms with Crippen LogP contribution in [-0.4, -0.2) is 36.5 Å². The van der Waals surface area contributed by atoms with Crippen LogP contribution >= 0.6 is 0 Å². The molecule has 1 heterocycles. The number of amides is 2. The number of ether oxygens (including phenoxy) is 1. The molecule has 3 rings (SSSR count). The number of hydrogen-bond acceptors (Lipinski definition) is 3. The molecule has 0 spiro atoms. The highest BCUT2D eigenvalue weighted by Crippen LogP contribution is 2.29. The van der Waals surface area contributed by atoms with Gasteiger partial charge in [-0.2, -0.15) is 0 Å². The molecule has 1 N–H and O–H groups in total. The summed E-state index contributed by atoms with van der Waals surface area (Å²) in [6.07, 6.45) is 3.61. The molecule has 0 radical (unpaired) electrons. The van der Waals surface area contributed by atoms with Crippen LogP contribution in [0.2, 0.25) is 0 Å². The van der Waals surface area contributed by atoms with Gasteiger partial charge in [0.05, 0.1) is 0 Å². The molecule has 0 bridgehead atoms. The lowest BCUT2D eigenvalue weighted by Crippen LogP contribution is -2.42. The van der Waals surface area contributed by atoms with Gasteiger partial charge in [0.1, 0.15) is 5.75 Å². The Labute approximate surface area is 130 Å². The van der Waals surface area contributed by atoms with E-state index in [9.17, 15) is 9.59 Å². The average Bonchev–Trinajstić information content (AvgIpc) is 3.39. The summed E-state index contributed by atoms with van der Waals surface area (Å²) in [4.78, 5) is 25.4. The Bertz CT molecular complexity index is 520. The summed E-state index contributed by atoms with van der Waals surface area (Å²) in [5, 5.41) is 3.02. The largest absolute Gasteiger partial charge is 0.415 e. The van der Waals surface area contributed by atoms with Crippen molar-refractivity contribution >= 4 is 12.0 Å². The molecule has 1 aliphatic heterocycles.